The lowest BCUT2D eigenvalue weighted by atomic mass is 10.1. The van der Waals surface area contributed by atoms with Gasteiger partial charge in [-0.1, -0.05) is 0 Å². The summed E-state index contributed by atoms with van der Waals surface area (Å²) in [4.78, 5) is 35.1. The van der Waals surface area contributed by atoms with Gasteiger partial charge in [-0.3, -0.25) is 19.1 Å². The van der Waals surface area contributed by atoms with Crippen LogP contribution in [0.25, 0.3) is 0 Å². The molecule has 0 saturated carbocycles. The largest absolute Gasteiger partial charge is 0.354 e. The molecular weight excluding hydrogens is 284 g/mol. The van der Waals surface area contributed by atoms with Gasteiger partial charge in [-0.15, -0.1) is 0 Å². The quantitative estimate of drug-likeness (QED) is 0.774. The number of hydrogen-bond acceptors (Lipinski definition) is 4. The second-order valence-electron chi connectivity index (χ2n) is 5.63. The minimum atomic E-state index is -0.436. The van der Waals surface area contributed by atoms with E-state index in [1.54, 1.807) is 11.6 Å². The van der Waals surface area contributed by atoms with E-state index in [-0.39, 0.29) is 24.0 Å². The van der Waals surface area contributed by atoms with E-state index in [0.717, 1.165) is 12.1 Å². The Labute approximate surface area is 129 Å². The molecule has 0 spiro atoms. The fourth-order valence-corrected chi connectivity index (χ4v) is 2.81. The fourth-order valence-electron chi connectivity index (χ4n) is 2.81. The monoisotopic (exact) mass is 306 g/mol. The Kier molecular flexibility index (Phi) is 4.95. The number of nitrogens with zero attached hydrogens (tertiary/aromatic N) is 2. The van der Waals surface area contributed by atoms with E-state index < -0.39 is 6.04 Å². The van der Waals surface area contributed by atoms with Crippen LogP contribution in [0.4, 0.5) is 0 Å². The number of nitrogens with one attached hydrogen (secondary N) is 2. The lowest BCUT2D eigenvalue weighted by Gasteiger charge is -2.22. The first-order chi connectivity index (χ1) is 10.4. The zero-order chi connectivity index (χ0) is 16.3. The number of carbonyl (C=O) groups excluding carboxylic acids is 3. The van der Waals surface area contributed by atoms with Crippen LogP contribution in [0.15, 0.2) is 0 Å². The van der Waals surface area contributed by atoms with Gasteiger partial charge in [-0.2, -0.15) is 5.10 Å². The SMILES string of the molecule is CC(=O)c1c(C)nn(CCC(=O)N[C@H]2CCCNC2=O)c1C. The fraction of sp³-hybridized carbons (Fsp3) is 0.600. The van der Waals surface area contributed by atoms with Crippen molar-refractivity contribution in [1.29, 1.82) is 0 Å². The van der Waals surface area contributed by atoms with Crippen LogP contribution in [0, 0.1) is 13.8 Å². The molecule has 1 aromatic heterocycles. The molecular formula is C15H22N4O3. The van der Waals surface area contributed by atoms with Crippen molar-refractivity contribution in [3.05, 3.63) is 17.0 Å². The highest BCUT2D eigenvalue weighted by molar-refractivity contribution is 5.96. The smallest absolute Gasteiger partial charge is 0.242 e. The highest BCUT2D eigenvalue weighted by Gasteiger charge is 2.23. The lowest BCUT2D eigenvalue weighted by molar-refractivity contribution is -0.130. The topological polar surface area (TPSA) is 93.1 Å². The van der Waals surface area contributed by atoms with Gasteiger partial charge in [0, 0.05) is 25.2 Å². The highest BCUT2D eigenvalue weighted by Crippen LogP contribution is 2.14. The van der Waals surface area contributed by atoms with Gasteiger partial charge in [0.05, 0.1) is 11.3 Å². The van der Waals surface area contributed by atoms with Crippen LogP contribution in [0.5, 0.6) is 0 Å². The summed E-state index contributed by atoms with van der Waals surface area (Å²) in [6, 6.07) is -0.436. The molecule has 1 aliphatic rings. The molecule has 1 fully saturated rings. The van der Waals surface area contributed by atoms with E-state index in [0.29, 0.717) is 30.8 Å². The van der Waals surface area contributed by atoms with Crippen LogP contribution in [0.3, 0.4) is 0 Å². The molecule has 7 nitrogen and oxygen atoms in total. The maximum atomic E-state index is 12.0. The van der Waals surface area contributed by atoms with Crippen molar-refractivity contribution in [2.45, 2.75) is 52.6 Å². The van der Waals surface area contributed by atoms with Crippen LogP contribution in [-0.2, 0) is 16.1 Å². The Morgan fingerprint density at radius 3 is 2.73 bits per heavy atom. The molecule has 0 bridgehead atoms. The van der Waals surface area contributed by atoms with Crippen molar-refractivity contribution in [3.8, 4) is 0 Å². The minimum absolute atomic E-state index is 0.0235. The van der Waals surface area contributed by atoms with Crippen LogP contribution >= 0.6 is 0 Å². The summed E-state index contributed by atoms with van der Waals surface area (Å²) in [5, 5.41) is 9.78. The number of Topliss-reactive ketones (excluding diaryl/α,β-unsaturated/α-hetero) is 1. The van der Waals surface area contributed by atoms with Gasteiger partial charge in [0.1, 0.15) is 6.04 Å². The predicted molar refractivity (Wildman–Crippen MR) is 80.5 cm³/mol. The van der Waals surface area contributed by atoms with Gasteiger partial charge in [0.2, 0.25) is 11.8 Å². The van der Waals surface area contributed by atoms with Crippen molar-refractivity contribution in [1.82, 2.24) is 20.4 Å². The number of piperidine rings is 1. The molecule has 2 rings (SSSR count). The summed E-state index contributed by atoms with van der Waals surface area (Å²) in [7, 11) is 0. The third-order valence-corrected chi connectivity index (χ3v) is 3.90. The van der Waals surface area contributed by atoms with Crippen LogP contribution < -0.4 is 10.6 Å². The number of aryl methyl sites for hydroxylation is 2. The standard InChI is InChI=1S/C15H22N4O3/c1-9-14(11(3)20)10(2)19(18-9)8-6-13(21)17-12-5-4-7-16-15(12)22/h12H,4-8H2,1-3H3,(H,16,22)(H,17,21)/t12-/m0/s1. The van der Waals surface area contributed by atoms with Crippen molar-refractivity contribution in [3.63, 3.8) is 0 Å². The van der Waals surface area contributed by atoms with Crippen LogP contribution in [-0.4, -0.2) is 40.0 Å². The Morgan fingerprint density at radius 1 is 1.41 bits per heavy atom. The summed E-state index contributed by atoms with van der Waals surface area (Å²) in [6.07, 6.45) is 1.77. The summed E-state index contributed by atoms with van der Waals surface area (Å²) >= 11 is 0. The molecule has 2 amide bonds. The average Bonchev–Trinajstić information content (AvgIpc) is 2.73. The van der Waals surface area contributed by atoms with Gasteiger partial charge in [-0.05, 0) is 33.6 Å². The molecule has 1 aromatic rings. The number of amides is 2. The van der Waals surface area contributed by atoms with Crippen molar-refractivity contribution < 1.29 is 14.4 Å². The Balaban J connectivity index is 1.92. The molecule has 1 aliphatic heterocycles. The van der Waals surface area contributed by atoms with E-state index in [4.69, 9.17) is 0 Å². The van der Waals surface area contributed by atoms with E-state index >= 15 is 0 Å². The number of aromatic nitrogens is 2. The second kappa shape index (κ2) is 6.72. The Bertz CT molecular complexity index is 606. The molecule has 120 valence electrons. The Hall–Kier alpha value is -2.18. The predicted octanol–water partition coefficient (Wildman–Crippen LogP) is 0.487. The lowest BCUT2D eigenvalue weighted by Crippen LogP contribution is -2.50. The summed E-state index contributed by atoms with van der Waals surface area (Å²) < 4.78 is 1.67. The van der Waals surface area contributed by atoms with Crippen molar-refractivity contribution >= 4 is 17.6 Å². The van der Waals surface area contributed by atoms with Crippen molar-refractivity contribution in [2.24, 2.45) is 0 Å². The third kappa shape index (κ3) is 3.52. The number of carbonyl (C=O) groups is 3. The summed E-state index contributed by atoms with van der Waals surface area (Å²) in [5.74, 6) is -0.326. The number of hydrogen-bond donors (Lipinski definition) is 2. The van der Waals surface area contributed by atoms with E-state index in [1.165, 1.54) is 6.92 Å². The summed E-state index contributed by atoms with van der Waals surface area (Å²) in [5.41, 5.74) is 2.07. The molecule has 7 heteroatoms. The number of ketones is 1. The highest BCUT2D eigenvalue weighted by atomic mass is 16.2. The zero-order valence-corrected chi connectivity index (χ0v) is 13.2. The maximum Gasteiger partial charge on any atom is 0.242 e. The molecule has 0 radical (unpaired) electrons. The average molecular weight is 306 g/mol. The maximum absolute atomic E-state index is 12.0. The van der Waals surface area contributed by atoms with E-state index in [2.05, 4.69) is 15.7 Å². The summed E-state index contributed by atoms with van der Waals surface area (Å²) in [6.45, 7) is 6.18. The van der Waals surface area contributed by atoms with Gasteiger partial charge in [-0.25, -0.2) is 0 Å². The third-order valence-electron chi connectivity index (χ3n) is 3.90. The zero-order valence-electron chi connectivity index (χ0n) is 13.2. The number of rotatable bonds is 5. The molecule has 0 aliphatic carbocycles. The van der Waals surface area contributed by atoms with Gasteiger partial charge >= 0.3 is 0 Å². The first-order valence-corrected chi connectivity index (χ1v) is 7.52. The molecule has 1 atom stereocenters. The van der Waals surface area contributed by atoms with E-state index in [1.807, 2.05) is 6.92 Å². The second-order valence-corrected chi connectivity index (χ2v) is 5.63. The molecule has 0 aromatic carbocycles. The van der Waals surface area contributed by atoms with Crippen molar-refractivity contribution in [2.75, 3.05) is 6.54 Å². The normalized spacial score (nSPS) is 18.0. The van der Waals surface area contributed by atoms with Gasteiger partial charge < -0.3 is 10.6 Å². The minimum Gasteiger partial charge on any atom is -0.354 e. The van der Waals surface area contributed by atoms with Gasteiger partial charge in [0.25, 0.3) is 0 Å². The van der Waals surface area contributed by atoms with E-state index in [9.17, 15) is 14.4 Å². The van der Waals surface area contributed by atoms with Crippen LogP contribution in [0.2, 0.25) is 0 Å². The van der Waals surface area contributed by atoms with Gasteiger partial charge in [0.15, 0.2) is 5.78 Å². The molecule has 2 N–H and O–H groups in total. The molecule has 2 heterocycles. The van der Waals surface area contributed by atoms with Crippen LogP contribution in [0.1, 0.15) is 47.9 Å². The first-order valence-electron chi connectivity index (χ1n) is 7.52. The Morgan fingerprint density at radius 2 is 2.14 bits per heavy atom. The molecule has 22 heavy (non-hydrogen) atoms. The molecule has 0 unspecified atom stereocenters. The first kappa shape index (κ1) is 16.2. The molecule has 1 saturated heterocycles.